The maximum absolute atomic E-state index is 11.7. The van der Waals surface area contributed by atoms with E-state index in [0.717, 1.165) is 25.2 Å². The Kier molecular flexibility index (Phi) is 3.57. The summed E-state index contributed by atoms with van der Waals surface area (Å²) >= 11 is 0. The Morgan fingerprint density at radius 1 is 1.44 bits per heavy atom. The molecule has 3 heteroatoms. The van der Waals surface area contributed by atoms with Crippen LogP contribution in [0.1, 0.15) is 17.9 Å². The zero-order valence-electron chi connectivity index (χ0n) is 9.39. The molecule has 16 heavy (non-hydrogen) atoms. The fourth-order valence-corrected chi connectivity index (χ4v) is 1.95. The first-order chi connectivity index (χ1) is 7.81. The smallest absolute Gasteiger partial charge is 0.313 e. The molecule has 0 aromatic heterocycles. The largest absolute Gasteiger partial charge is 0.469 e. The number of methoxy groups -OCH3 is 1. The van der Waals surface area contributed by atoms with Crippen LogP contribution >= 0.6 is 0 Å². The second kappa shape index (κ2) is 5.12. The summed E-state index contributed by atoms with van der Waals surface area (Å²) in [4.78, 5) is 11.7. The molecule has 3 nitrogen and oxygen atoms in total. The molecule has 86 valence electrons. The topological polar surface area (TPSA) is 35.5 Å². The minimum Gasteiger partial charge on any atom is -0.469 e. The van der Waals surface area contributed by atoms with Gasteiger partial charge >= 0.3 is 5.97 Å². The number of carbonyl (C=O) groups excluding carboxylic acids is 1. The van der Waals surface area contributed by atoms with E-state index in [0.29, 0.717) is 5.92 Å². The van der Waals surface area contributed by atoms with Crippen LogP contribution in [0.4, 0.5) is 0 Å². The SMILES string of the molecule is COC(=O)C(CC1COC1)c1ccccc1. The van der Waals surface area contributed by atoms with Crippen molar-refractivity contribution in [2.45, 2.75) is 12.3 Å². The van der Waals surface area contributed by atoms with E-state index in [1.807, 2.05) is 30.3 Å². The van der Waals surface area contributed by atoms with Crippen LogP contribution < -0.4 is 0 Å². The Bertz CT molecular complexity index is 343. The highest BCUT2D eigenvalue weighted by molar-refractivity contribution is 5.78. The van der Waals surface area contributed by atoms with Crippen LogP contribution in [0.3, 0.4) is 0 Å². The van der Waals surface area contributed by atoms with Gasteiger partial charge in [-0.15, -0.1) is 0 Å². The summed E-state index contributed by atoms with van der Waals surface area (Å²) in [5.74, 6) is 0.183. The molecular formula is C13H16O3. The minimum atomic E-state index is -0.155. The van der Waals surface area contributed by atoms with E-state index >= 15 is 0 Å². The molecule has 2 rings (SSSR count). The highest BCUT2D eigenvalue weighted by Crippen LogP contribution is 2.28. The average Bonchev–Trinajstić information content (AvgIpc) is 2.28. The molecule has 0 radical (unpaired) electrons. The van der Waals surface area contributed by atoms with Gasteiger partial charge in [0, 0.05) is 5.92 Å². The molecule has 1 heterocycles. The number of benzene rings is 1. The average molecular weight is 220 g/mol. The zero-order valence-corrected chi connectivity index (χ0v) is 9.39. The third kappa shape index (κ3) is 2.42. The molecule has 1 aliphatic rings. The number of hydrogen-bond donors (Lipinski definition) is 0. The number of rotatable bonds is 4. The van der Waals surface area contributed by atoms with Gasteiger partial charge in [-0.3, -0.25) is 4.79 Å². The lowest BCUT2D eigenvalue weighted by Crippen LogP contribution is -2.31. The Hall–Kier alpha value is -1.35. The van der Waals surface area contributed by atoms with E-state index in [-0.39, 0.29) is 11.9 Å². The van der Waals surface area contributed by atoms with Crippen LogP contribution in [0, 0.1) is 5.92 Å². The Morgan fingerprint density at radius 3 is 2.62 bits per heavy atom. The number of carbonyl (C=O) groups is 1. The molecule has 1 fully saturated rings. The van der Waals surface area contributed by atoms with Crippen molar-refractivity contribution in [2.24, 2.45) is 5.92 Å². The van der Waals surface area contributed by atoms with Gasteiger partial charge in [0.15, 0.2) is 0 Å². The van der Waals surface area contributed by atoms with Crippen molar-refractivity contribution < 1.29 is 14.3 Å². The Balaban J connectivity index is 2.10. The van der Waals surface area contributed by atoms with Crippen molar-refractivity contribution in [3.63, 3.8) is 0 Å². The normalized spacial score (nSPS) is 17.6. The van der Waals surface area contributed by atoms with E-state index in [1.165, 1.54) is 7.11 Å². The van der Waals surface area contributed by atoms with Gasteiger partial charge in [-0.25, -0.2) is 0 Å². The van der Waals surface area contributed by atoms with E-state index in [9.17, 15) is 4.79 Å². The lowest BCUT2D eigenvalue weighted by Gasteiger charge is -2.29. The summed E-state index contributed by atoms with van der Waals surface area (Å²) in [6.45, 7) is 1.53. The first-order valence-electron chi connectivity index (χ1n) is 5.51. The first kappa shape index (κ1) is 11.1. The van der Waals surface area contributed by atoms with Crippen LogP contribution in [0.15, 0.2) is 30.3 Å². The molecule has 0 spiro atoms. The van der Waals surface area contributed by atoms with Crippen LogP contribution in [0.2, 0.25) is 0 Å². The van der Waals surface area contributed by atoms with E-state index in [2.05, 4.69) is 0 Å². The third-order valence-corrected chi connectivity index (χ3v) is 2.96. The lowest BCUT2D eigenvalue weighted by molar-refractivity contribution is -0.144. The van der Waals surface area contributed by atoms with Crippen molar-refractivity contribution in [2.75, 3.05) is 20.3 Å². The number of ether oxygens (including phenoxy) is 2. The standard InChI is InChI=1S/C13H16O3/c1-15-13(14)12(7-10-8-16-9-10)11-5-3-2-4-6-11/h2-6,10,12H,7-9H2,1H3. The summed E-state index contributed by atoms with van der Waals surface area (Å²) in [6, 6.07) is 9.79. The molecule has 0 bridgehead atoms. The molecule has 1 saturated heterocycles. The first-order valence-corrected chi connectivity index (χ1v) is 5.51. The summed E-state index contributed by atoms with van der Waals surface area (Å²) in [6.07, 6.45) is 0.816. The quantitative estimate of drug-likeness (QED) is 0.728. The molecular weight excluding hydrogens is 204 g/mol. The van der Waals surface area contributed by atoms with Crippen LogP contribution in [-0.4, -0.2) is 26.3 Å². The highest BCUT2D eigenvalue weighted by Gasteiger charge is 2.28. The number of hydrogen-bond acceptors (Lipinski definition) is 3. The van der Waals surface area contributed by atoms with Crippen molar-refractivity contribution >= 4 is 5.97 Å². The van der Waals surface area contributed by atoms with E-state index < -0.39 is 0 Å². The maximum atomic E-state index is 11.7. The zero-order chi connectivity index (χ0) is 11.4. The van der Waals surface area contributed by atoms with Crippen molar-refractivity contribution in [3.05, 3.63) is 35.9 Å². The molecule has 0 aliphatic carbocycles. The molecule has 0 N–H and O–H groups in total. The molecule has 1 aromatic rings. The van der Waals surface area contributed by atoms with Crippen LogP contribution in [-0.2, 0) is 14.3 Å². The molecule has 1 aliphatic heterocycles. The summed E-state index contributed by atoms with van der Waals surface area (Å²) in [7, 11) is 1.44. The molecule has 1 atom stereocenters. The van der Waals surface area contributed by atoms with Crippen molar-refractivity contribution in [1.82, 2.24) is 0 Å². The minimum absolute atomic E-state index is 0.153. The lowest BCUT2D eigenvalue weighted by atomic mass is 9.88. The third-order valence-electron chi connectivity index (χ3n) is 2.96. The second-order valence-electron chi connectivity index (χ2n) is 4.13. The monoisotopic (exact) mass is 220 g/mol. The fourth-order valence-electron chi connectivity index (χ4n) is 1.95. The highest BCUT2D eigenvalue weighted by atomic mass is 16.5. The van der Waals surface area contributed by atoms with Gasteiger partial charge in [0.1, 0.15) is 0 Å². The second-order valence-corrected chi connectivity index (χ2v) is 4.13. The van der Waals surface area contributed by atoms with E-state index in [1.54, 1.807) is 0 Å². The maximum Gasteiger partial charge on any atom is 0.313 e. The van der Waals surface area contributed by atoms with Gasteiger partial charge in [-0.1, -0.05) is 30.3 Å². The summed E-state index contributed by atoms with van der Waals surface area (Å²) in [5.41, 5.74) is 1.03. The Labute approximate surface area is 95.4 Å². The van der Waals surface area contributed by atoms with Crippen molar-refractivity contribution in [1.29, 1.82) is 0 Å². The van der Waals surface area contributed by atoms with E-state index in [4.69, 9.17) is 9.47 Å². The van der Waals surface area contributed by atoms with Crippen molar-refractivity contribution in [3.8, 4) is 0 Å². The van der Waals surface area contributed by atoms with Gasteiger partial charge in [0.25, 0.3) is 0 Å². The van der Waals surface area contributed by atoms with Gasteiger partial charge < -0.3 is 9.47 Å². The summed E-state index contributed by atoms with van der Waals surface area (Å²) < 4.78 is 9.99. The molecule has 0 saturated carbocycles. The van der Waals surface area contributed by atoms with Crippen LogP contribution in [0.25, 0.3) is 0 Å². The van der Waals surface area contributed by atoms with Gasteiger partial charge in [0.2, 0.25) is 0 Å². The summed E-state index contributed by atoms with van der Waals surface area (Å²) in [5, 5.41) is 0. The van der Waals surface area contributed by atoms with Gasteiger partial charge in [0.05, 0.1) is 26.2 Å². The molecule has 1 aromatic carbocycles. The van der Waals surface area contributed by atoms with Gasteiger partial charge in [-0.05, 0) is 12.0 Å². The predicted molar refractivity (Wildman–Crippen MR) is 60.1 cm³/mol. The molecule has 1 unspecified atom stereocenters. The van der Waals surface area contributed by atoms with Gasteiger partial charge in [-0.2, -0.15) is 0 Å². The fraction of sp³-hybridized carbons (Fsp3) is 0.462. The van der Waals surface area contributed by atoms with Crippen LogP contribution in [0.5, 0.6) is 0 Å². The Morgan fingerprint density at radius 2 is 2.12 bits per heavy atom. The predicted octanol–water partition coefficient (Wildman–Crippen LogP) is 1.98. The number of esters is 1. The molecule has 0 amide bonds.